The van der Waals surface area contributed by atoms with Crippen molar-refractivity contribution in [1.29, 1.82) is 0 Å². The van der Waals surface area contributed by atoms with E-state index in [1.54, 1.807) is 4.90 Å². The van der Waals surface area contributed by atoms with Crippen molar-refractivity contribution < 1.29 is 22.8 Å². The van der Waals surface area contributed by atoms with Crippen LogP contribution in [-0.4, -0.2) is 45.0 Å². The van der Waals surface area contributed by atoms with Crippen molar-refractivity contribution in [3.05, 3.63) is 35.7 Å². The number of likely N-dealkylation sites (tertiary alicyclic amines) is 1. The van der Waals surface area contributed by atoms with Crippen LogP contribution in [0.2, 0.25) is 0 Å². The number of nitrogens with zero attached hydrogens (tertiary/aromatic N) is 3. The molecule has 0 bridgehead atoms. The summed E-state index contributed by atoms with van der Waals surface area (Å²) >= 11 is 0. The zero-order valence-electron chi connectivity index (χ0n) is 13.2. The van der Waals surface area contributed by atoms with E-state index in [0.717, 1.165) is 11.1 Å². The molecule has 0 atom stereocenters. The summed E-state index contributed by atoms with van der Waals surface area (Å²) in [6, 6.07) is 7.65. The van der Waals surface area contributed by atoms with Crippen molar-refractivity contribution in [2.75, 3.05) is 13.1 Å². The van der Waals surface area contributed by atoms with Crippen LogP contribution in [0.4, 0.5) is 13.2 Å². The first-order chi connectivity index (χ1) is 11.3. The van der Waals surface area contributed by atoms with Gasteiger partial charge in [-0.1, -0.05) is 28.9 Å². The second kappa shape index (κ2) is 6.18. The molecule has 1 fully saturated rings. The van der Waals surface area contributed by atoms with Crippen LogP contribution in [0.3, 0.4) is 0 Å². The minimum Gasteiger partial charge on any atom is -0.380 e. The first-order valence-electron chi connectivity index (χ1n) is 7.68. The lowest BCUT2D eigenvalue weighted by atomic mass is 9.91. The van der Waals surface area contributed by atoms with Crippen LogP contribution in [0, 0.1) is 6.92 Å². The number of halogens is 3. The highest BCUT2D eigenvalue weighted by Crippen LogP contribution is 2.38. The summed E-state index contributed by atoms with van der Waals surface area (Å²) in [5, 5.41) is 13.6. The summed E-state index contributed by atoms with van der Waals surface area (Å²) in [4.78, 5) is 6.07. The normalized spacial score (nSPS) is 18.7. The Labute approximate surface area is 137 Å². The minimum atomic E-state index is -4.60. The van der Waals surface area contributed by atoms with Crippen molar-refractivity contribution >= 4 is 0 Å². The van der Waals surface area contributed by atoms with E-state index in [-0.39, 0.29) is 32.5 Å². The molecule has 1 aliphatic heterocycles. The van der Waals surface area contributed by atoms with E-state index in [2.05, 4.69) is 10.1 Å². The van der Waals surface area contributed by atoms with Gasteiger partial charge >= 0.3 is 6.18 Å². The molecule has 0 amide bonds. The van der Waals surface area contributed by atoms with Crippen molar-refractivity contribution in [1.82, 2.24) is 15.0 Å². The van der Waals surface area contributed by atoms with E-state index >= 15 is 0 Å². The molecule has 1 aromatic carbocycles. The average Bonchev–Trinajstić information content (AvgIpc) is 2.97. The number of benzene rings is 1. The lowest BCUT2D eigenvalue weighted by Gasteiger charge is -2.38. The zero-order chi connectivity index (χ0) is 17.4. The second-order valence-electron chi connectivity index (χ2n) is 6.19. The summed E-state index contributed by atoms with van der Waals surface area (Å²) in [7, 11) is 0. The van der Waals surface area contributed by atoms with E-state index < -0.39 is 11.8 Å². The Hall–Kier alpha value is -1.93. The van der Waals surface area contributed by atoms with E-state index in [1.165, 1.54) is 0 Å². The molecule has 3 rings (SSSR count). The molecule has 0 unspecified atom stereocenters. The third kappa shape index (κ3) is 3.44. The summed E-state index contributed by atoms with van der Waals surface area (Å²) in [6.07, 6.45) is -5.30. The van der Waals surface area contributed by atoms with Crippen molar-refractivity contribution in [2.24, 2.45) is 0 Å². The molecule has 0 aliphatic carbocycles. The Bertz CT molecular complexity index is 707. The molecule has 0 saturated carbocycles. The van der Waals surface area contributed by atoms with Crippen LogP contribution in [0.5, 0.6) is 0 Å². The fraction of sp³-hybridized carbons (Fsp3) is 0.500. The predicted molar refractivity (Wildman–Crippen MR) is 80.0 cm³/mol. The number of aliphatic hydroxyl groups is 1. The molecule has 5 nitrogen and oxygen atoms in total. The number of hydrogen-bond donors (Lipinski definition) is 1. The Kier molecular flexibility index (Phi) is 4.35. The molecule has 1 aliphatic rings. The highest BCUT2D eigenvalue weighted by molar-refractivity contribution is 5.55. The molecular weight excluding hydrogens is 323 g/mol. The number of aromatic nitrogens is 2. The average molecular weight is 341 g/mol. The summed E-state index contributed by atoms with van der Waals surface area (Å²) in [5.74, 6) is 0.807. The molecule has 1 saturated heterocycles. The second-order valence-corrected chi connectivity index (χ2v) is 6.19. The van der Waals surface area contributed by atoms with Gasteiger partial charge in [0.25, 0.3) is 0 Å². The predicted octanol–water partition coefficient (Wildman–Crippen LogP) is 2.93. The number of piperidine rings is 1. The molecule has 130 valence electrons. The maximum Gasteiger partial charge on any atom is 0.417 e. The molecule has 1 aromatic heterocycles. The molecule has 8 heteroatoms. The molecule has 1 N–H and O–H groups in total. The van der Waals surface area contributed by atoms with Gasteiger partial charge in [-0.3, -0.25) is 4.90 Å². The summed E-state index contributed by atoms with van der Waals surface area (Å²) in [5.41, 5.74) is -0.693. The van der Waals surface area contributed by atoms with Gasteiger partial charge in [0, 0.05) is 18.7 Å². The minimum absolute atomic E-state index is 0.123. The van der Waals surface area contributed by atoms with Crippen molar-refractivity contribution in [3.8, 4) is 11.4 Å². The van der Waals surface area contributed by atoms with Crippen LogP contribution < -0.4 is 0 Å². The molecule has 24 heavy (non-hydrogen) atoms. The van der Waals surface area contributed by atoms with Crippen LogP contribution in [0.1, 0.15) is 24.3 Å². The lowest BCUT2D eigenvalue weighted by Crippen LogP contribution is -2.53. The van der Waals surface area contributed by atoms with Gasteiger partial charge in [0.15, 0.2) is 5.60 Å². The molecule has 0 radical (unpaired) electrons. The zero-order valence-corrected chi connectivity index (χ0v) is 13.2. The van der Waals surface area contributed by atoms with Gasteiger partial charge in [-0.05, 0) is 25.8 Å². The number of hydrogen-bond acceptors (Lipinski definition) is 5. The largest absolute Gasteiger partial charge is 0.417 e. The SMILES string of the molecule is Cc1cccc(-c2noc(CN3CCC(O)(C(F)(F)F)CC3)n2)c1. The Morgan fingerprint density at radius 1 is 1.29 bits per heavy atom. The number of rotatable bonds is 3. The maximum absolute atomic E-state index is 12.8. The Morgan fingerprint density at radius 3 is 2.62 bits per heavy atom. The fourth-order valence-corrected chi connectivity index (χ4v) is 2.78. The van der Waals surface area contributed by atoms with Gasteiger partial charge in [0.05, 0.1) is 6.54 Å². The van der Waals surface area contributed by atoms with E-state index in [1.807, 2.05) is 31.2 Å². The fourth-order valence-electron chi connectivity index (χ4n) is 2.78. The van der Waals surface area contributed by atoms with Gasteiger partial charge in [0.2, 0.25) is 11.7 Å². The van der Waals surface area contributed by atoms with Crippen molar-refractivity contribution in [3.63, 3.8) is 0 Å². The Balaban J connectivity index is 1.63. The third-order valence-corrected chi connectivity index (χ3v) is 4.31. The van der Waals surface area contributed by atoms with Gasteiger partial charge < -0.3 is 9.63 Å². The molecular formula is C16H18F3N3O2. The van der Waals surface area contributed by atoms with E-state index in [4.69, 9.17) is 4.52 Å². The lowest BCUT2D eigenvalue weighted by molar-refractivity contribution is -0.273. The van der Waals surface area contributed by atoms with Gasteiger partial charge in [0.1, 0.15) is 0 Å². The monoisotopic (exact) mass is 341 g/mol. The highest BCUT2D eigenvalue weighted by atomic mass is 19.4. The third-order valence-electron chi connectivity index (χ3n) is 4.31. The van der Waals surface area contributed by atoms with Crippen LogP contribution in [-0.2, 0) is 6.54 Å². The quantitative estimate of drug-likeness (QED) is 0.930. The van der Waals surface area contributed by atoms with Gasteiger partial charge in [-0.25, -0.2) is 0 Å². The maximum atomic E-state index is 12.8. The highest BCUT2D eigenvalue weighted by Gasteiger charge is 2.54. The molecule has 2 heterocycles. The van der Waals surface area contributed by atoms with Gasteiger partial charge in [-0.2, -0.15) is 18.2 Å². The van der Waals surface area contributed by atoms with Crippen LogP contribution in [0.15, 0.2) is 28.8 Å². The van der Waals surface area contributed by atoms with Gasteiger partial charge in [-0.15, -0.1) is 0 Å². The first-order valence-corrected chi connectivity index (χ1v) is 7.68. The summed E-state index contributed by atoms with van der Waals surface area (Å²) < 4.78 is 43.6. The van der Waals surface area contributed by atoms with Crippen molar-refractivity contribution in [2.45, 2.75) is 38.1 Å². The van der Waals surface area contributed by atoms with Crippen LogP contribution >= 0.6 is 0 Å². The molecule has 0 spiro atoms. The summed E-state index contributed by atoms with van der Waals surface area (Å²) in [6.45, 7) is 2.48. The van der Waals surface area contributed by atoms with E-state index in [0.29, 0.717) is 11.7 Å². The van der Waals surface area contributed by atoms with E-state index in [9.17, 15) is 18.3 Å². The topological polar surface area (TPSA) is 62.4 Å². The smallest absolute Gasteiger partial charge is 0.380 e. The number of aryl methyl sites for hydroxylation is 1. The Morgan fingerprint density at radius 2 is 2.00 bits per heavy atom. The standard InChI is InChI=1S/C16H18F3N3O2/c1-11-3-2-4-12(9-11)14-20-13(24-21-14)10-22-7-5-15(23,6-8-22)16(17,18)19/h2-4,9,23H,5-8,10H2,1H3. The first kappa shape index (κ1) is 16.9. The molecule has 2 aromatic rings. The number of alkyl halides is 3. The van der Waals surface area contributed by atoms with Crippen LogP contribution in [0.25, 0.3) is 11.4 Å².